The van der Waals surface area contributed by atoms with Crippen LogP contribution in [0.5, 0.6) is 0 Å². The number of aromatic nitrogens is 1. The topological polar surface area (TPSA) is 15.8 Å². The lowest BCUT2D eigenvalue weighted by Gasteiger charge is -2.32. The largest absolute Gasteiger partial charge is 0.364 e. The fourth-order valence-electron chi connectivity index (χ4n) is 4.24. The van der Waals surface area contributed by atoms with Gasteiger partial charge in [0.25, 0.3) is 0 Å². The Morgan fingerprint density at radius 1 is 0.542 bits per heavy atom. The summed E-state index contributed by atoms with van der Waals surface area (Å²) in [6.07, 6.45) is 2.02. The summed E-state index contributed by atoms with van der Waals surface area (Å²) in [4.78, 5) is 3.50. The van der Waals surface area contributed by atoms with Crippen LogP contribution in [0, 0.1) is 0 Å². The van der Waals surface area contributed by atoms with Gasteiger partial charge in [0.1, 0.15) is 0 Å². The van der Waals surface area contributed by atoms with Crippen LogP contribution in [-0.2, 0) is 5.41 Å². The van der Waals surface area contributed by atoms with Crippen molar-refractivity contribution in [2.24, 2.45) is 0 Å². The monoisotopic (exact) mass is 307 g/mol. The minimum absolute atomic E-state index is 0.280. The van der Waals surface area contributed by atoms with Crippen LogP contribution in [0.25, 0.3) is 11.1 Å². The number of aromatic amines is 1. The van der Waals surface area contributed by atoms with Crippen LogP contribution in [0.3, 0.4) is 0 Å². The smallest absolute Gasteiger partial charge is 0.0863 e. The number of benzene rings is 3. The summed E-state index contributed by atoms with van der Waals surface area (Å²) < 4.78 is 0. The molecule has 114 valence electrons. The summed E-state index contributed by atoms with van der Waals surface area (Å²) in [6, 6.07) is 32.7. The van der Waals surface area contributed by atoms with E-state index in [0.29, 0.717) is 0 Å². The molecule has 1 aromatic heterocycles. The highest BCUT2D eigenvalue weighted by molar-refractivity contribution is 5.85. The molecule has 3 aromatic carbocycles. The zero-order valence-electron chi connectivity index (χ0n) is 13.2. The minimum Gasteiger partial charge on any atom is -0.364 e. The highest BCUT2D eigenvalue weighted by Crippen LogP contribution is 2.55. The minimum atomic E-state index is -0.280. The van der Waals surface area contributed by atoms with Gasteiger partial charge in [-0.15, -0.1) is 0 Å². The van der Waals surface area contributed by atoms with Crippen LogP contribution in [-0.4, -0.2) is 4.98 Å². The maximum Gasteiger partial charge on any atom is 0.0863 e. The zero-order valence-corrected chi connectivity index (χ0v) is 13.2. The van der Waals surface area contributed by atoms with Crippen molar-refractivity contribution in [3.63, 3.8) is 0 Å². The van der Waals surface area contributed by atoms with Gasteiger partial charge < -0.3 is 4.98 Å². The van der Waals surface area contributed by atoms with E-state index in [-0.39, 0.29) is 5.41 Å². The average molecular weight is 307 g/mol. The molecule has 0 saturated heterocycles. The molecule has 5 rings (SSSR count). The molecule has 0 bridgehead atoms. The predicted molar refractivity (Wildman–Crippen MR) is 98.1 cm³/mol. The molecular formula is C23H17N. The van der Waals surface area contributed by atoms with E-state index in [2.05, 4.69) is 96.0 Å². The van der Waals surface area contributed by atoms with E-state index >= 15 is 0 Å². The molecule has 1 aliphatic rings. The maximum absolute atomic E-state index is 3.50. The quantitative estimate of drug-likeness (QED) is 0.451. The number of fused-ring (bicyclic) bond motifs is 3. The first kappa shape index (κ1) is 13.4. The van der Waals surface area contributed by atoms with Crippen LogP contribution in [0.4, 0.5) is 0 Å². The molecule has 1 heteroatoms. The number of rotatable bonds is 2. The van der Waals surface area contributed by atoms with Crippen molar-refractivity contribution < 1.29 is 0 Å². The van der Waals surface area contributed by atoms with E-state index in [1.807, 2.05) is 6.20 Å². The lowest BCUT2D eigenvalue weighted by molar-refractivity contribution is 0.742. The number of hydrogen-bond donors (Lipinski definition) is 1. The van der Waals surface area contributed by atoms with E-state index in [1.54, 1.807) is 0 Å². The molecule has 0 saturated carbocycles. The van der Waals surface area contributed by atoms with Crippen molar-refractivity contribution in [1.82, 2.24) is 4.98 Å². The van der Waals surface area contributed by atoms with E-state index in [9.17, 15) is 0 Å². The van der Waals surface area contributed by atoms with Crippen LogP contribution in [0.1, 0.15) is 22.4 Å². The Morgan fingerprint density at radius 3 is 1.71 bits per heavy atom. The first-order valence-electron chi connectivity index (χ1n) is 8.31. The van der Waals surface area contributed by atoms with Crippen molar-refractivity contribution in [2.45, 2.75) is 5.41 Å². The lowest BCUT2D eigenvalue weighted by atomic mass is 9.70. The standard InChI is InChI=1S/C23H17N/c1-2-9-17(10-3-1)23(22-15-8-16-24-22)20-13-6-4-11-18(20)19-12-5-7-14-21(19)23/h1-16,24H. The van der Waals surface area contributed by atoms with Crippen LogP contribution in [0.2, 0.25) is 0 Å². The molecule has 1 N–H and O–H groups in total. The highest BCUT2D eigenvalue weighted by atomic mass is 14.7. The van der Waals surface area contributed by atoms with Gasteiger partial charge in [-0.3, -0.25) is 0 Å². The van der Waals surface area contributed by atoms with Gasteiger partial charge in [-0.05, 0) is 39.9 Å². The number of H-pyrrole nitrogens is 1. The van der Waals surface area contributed by atoms with Gasteiger partial charge in [-0.1, -0.05) is 78.9 Å². The SMILES string of the molecule is c1ccc(C2(c3ccc[nH]3)c3ccccc3-c3ccccc32)cc1. The Balaban J connectivity index is 1.98. The van der Waals surface area contributed by atoms with Gasteiger partial charge in [0, 0.05) is 11.9 Å². The van der Waals surface area contributed by atoms with Crippen molar-refractivity contribution in [2.75, 3.05) is 0 Å². The molecule has 0 aliphatic heterocycles. The van der Waals surface area contributed by atoms with Crippen LogP contribution < -0.4 is 0 Å². The molecule has 0 spiro atoms. The Morgan fingerprint density at radius 2 is 1.12 bits per heavy atom. The summed E-state index contributed by atoms with van der Waals surface area (Å²) in [7, 11) is 0. The van der Waals surface area contributed by atoms with E-state index in [0.717, 1.165) is 0 Å². The van der Waals surface area contributed by atoms with Gasteiger partial charge >= 0.3 is 0 Å². The van der Waals surface area contributed by atoms with Crippen molar-refractivity contribution >= 4 is 0 Å². The van der Waals surface area contributed by atoms with E-state index < -0.39 is 0 Å². The molecule has 1 nitrogen and oxygen atoms in total. The Kier molecular flexibility index (Phi) is 2.77. The second-order valence-electron chi connectivity index (χ2n) is 6.29. The van der Waals surface area contributed by atoms with Crippen molar-refractivity contribution in [1.29, 1.82) is 0 Å². The number of nitrogens with one attached hydrogen (secondary N) is 1. The number of hydrogen-bond acceptors (Lipinski definition) is 0. The van der Waals surface area contributed by atoms with Gasteiger partial charge in [-0.25, -0.2) is 0 Å². The van der Waals surface area contributed by atoms with Crippen LogP contribution >= 0.6 is 0 Å². The summed E-state index contributed by atoms with van der Waals surface area (Å²) in [6.45, 7) is 0. The molecular weight excluding hydrogens is 290 g/mol. The zero-order chi connectivity index (χ0) is 16.0. The summed E-state index contributed by atoms with van der Waals surface area (Å²) >= 11 is 0. The fraction of sp³-hybridized carbons (Fsp3) is 0.0435. The molecule has 0 radical (unpaired) electrons. The molecule has 0 amide bonds. The normalized spacial score (nSPS) is 14.2. The summed E-state index contributed by atoms with van der Waals surface area (Å²) in [5.74, 6) is 0. The van der Waals surface area contributed by atoms with E-state index in [1.165, 1.54) is 33.5 Å². The summed E-state index contributed by atoms with van der Waals surface area (Å²) in [5, 5.41) is 0. The average Bonchev–Trinajstić information content (AvgIpc) is 3.28. The Labute approximate surface area is 141 Å². The predicted octanol–water partition coefficient (Wildman–Crippen LogP) is 5.38. The molecule has 0 unspecified atom stereocenters. The Bertz CT molecular complexity index is 952. The van der Waals surface area contributed by atoms with Gasteiger partial charge in [0.05, 0.1) is 5.41 Å². The van der Waals surface area contributed by atoms with Crippen molar-refractivity contribution in [3.05, 3.63) is 120 Å². The molecule has 1 heterocycles. The van der Waals surface area contributed by atoms with Gasteiger partial charge in [-0.2, -0.15) is 0 Å². The third-order valence-electron chi connectivity index (χ3n) is 5.16. The second-order valence-corrected chi connectivity index (χ2v) is 6.29. The van der Waals surface area contributed by atoms with E-state index in [4.69, 9.17) is 0 Å². The van der Waals surface area contributed by atoms with Gasteiger partial charge in [0.15, 0.2) is 0 Å². The van der Waals surface area contributed by atoms with Gasteiger partial charge in [0.2, 0.25) is 0 Å². The van der Waals surface area contributed by atoms with Crippen molar-refractivity contribution in [3.8, 4) is 11.1 Å². The molecule has 0 fully saturated rings. The summed E-state index contributed by atoms with van der Waals surface area (Å²) in [5.41, 5.74) is 7.58. The lowest BCUT2D eigenvalue weighted by Crippen LogP contribution is -2.28. The molecule has 4 aromatic rings. The highest BCUT2D eigenvalue weighted by Gasteiger charge is 2.46. The first-order valence-corrected chi connectivity index (χ1v) is 8.31. The Hall–Kier alpha value is -3.06. The second kappa shape index (κ2) is 4.97. The molecule has 1 aliphatic carbocycles. The van der Waals surface area contributed by atoms with Crippen LogP contribution in [0.15, 0.2) is 97.2 Å². The third-order valence-corrected chi connectivity index (χ3v) is 5.16. The fourth-order valence-corrected chi connectivity index (χ4v) is 4.24. The third kappa shape index (κ3) is 1.59. The molecule has 0 atom stereocenters. The molecule has 24 heavy (non-hydrogen) atoms. The maximum atomic E-state index is 3.50. The first-order chi connectivity index (χ1) is 11.9.